The van der Waals surface area contributed by atoms with Crippen LogP contribution in [0.5, 0.6) is 0 Å². The maximum Gasteiger partial charge on any atom is 0.0864 e. The molecule has 2 heterocycles. The van der Waals surface area contributed by atoms with E-state index in [-0.39, 0.29) is 0 Å². The van der Waals surface area contributed by atoms with Crippen molar-refractivity contribution < 1.29 is 0 Å². The summed E-state index contributed by atoms with van der Waals surface area (Å²) in [6.45, 7) is 0. The lowest BCUT2D eigenvalue weighted by Crippen LogP contribution is -1.85. The topological polar surface area (TPSA) is 28.7 Å². The Kier molecular flexibility index (Phi) is 2.60. The van der Waals surface area contributed by atoms with E-state index >= 15 is 0 Å². The molecule has 0 spiro atoms. The van der Waals surface area contributed by atoms with Crippen molar-refractivity contribution in [1.82, 2.24) is 9.97 Å². The zero-order chi connectivity index (χ0) is 13.5. The fraction of sp³-hybridized carbons (Fsp3) is 0. The second-order valence-corrected chi connectivity index (χ2v) is 5.59. The Hall–Kier alpha value is -2.13. The molecule has 0 fully saturated rings. The van der Waals surface area contributed by atoms with E-state index in [2.05, 4.69) is 62.3 Å². The third kappa shape index (κ3) is 1.67. The quantitative estimate of drug-likeness (QED) is 0.516. The van der Waals surface area contributed by atoms with E-state index in [0.717, 1.165) is 26.8 Å². The number of H-pyrrole nitrogens is 1. The minimum atomic E-state index is 0.963. The summed E-state index contributed by atoms with van der Waals surface area (Å²) in [6, 6.07) is 18.6. The molecular weight excluding hydrogens is 312 g/mol. The summed E-state index contributed by atoms with van der Waals surface area (Å²) in [5, 5.41) is 2.48. The van der Waals surface area contributed by atoms with Gasteiger partial charge in [-0.25, -0.2) is 0 Å². The zero-order valence-electron chi connectivity index (χ0n) is 10.6. The second-order valence-electron chi connectivity index (χ2n) is 4.73. The van der Waals surface area contributed by atoms with E-state index in [4.69, 9.17) is 0 Å². The maximum absolute atomic E-state index is 4.50. The standard InChI is InChI=1S/C17H11BrN2/c18-14-8-4-10-19-17(14)13-7-3-6-12-11-5-1-2-9-15(11)20-16(12)13/h1-10,20H. The van der Waals surface area contributed by atoms with Gasteiger partial charge in [-0.05, 0) is 34.1 Å². The monoisotopic (exact) mass is 322 g/mol. The van der Waals surface area contributed by atoms with Crippen LogP contribution in [-0.4, -0.2) is 9.97 Å². The predicted molar refractivity (Wildman–Crippen MR) is 86.7 cm³/mol. The van der Waals surface area contributed by atoms with Crippen LogP contribution in [0.3, 0.4) is 0 Å². The van der Waals surface area contributed by atoms with E-state index in [9.17, 15) is 0 Å². The molecule has 3 heteroatoms. The molecule has 1 N–H and O–H groups in total. The van der Waals surface area contributed by atoms with Crippen molar-refractivity contribution in [2.45, 2.75) is 0 Å². The van der Waals surface area contributed by atoms with Gasteiger partial charge < -0.3 is 4.98 Å². The molecule has 0 saturated carbocycles. The number of hydrogen-bond donors (Lipinski definition) is 1. The first-order valence-electron chi connectivity index (χ1n) is 6.45. The van der Waals surface area contributed by atoms with Gasteiger partial charge in [0.1, 0.15) is 0 Å². The van der Waals surface area contributed by atoms with Crippen LogP contribution in [0, 0.1) is 0 Å². The molecule has 2 aromatic heterocycles. The van der Waals surface area contributed by atoms with Crippen LogP contribution in [0.2, 0.25) is 0 Å². The normalized spacial score (nSPS) is 11.2. The summed E-state index contributed by atoms with van der Waals surface area (Å²) in [4.78, 5) is 8.01. The number of rotatable bonds is 1. The number of nitrogens with zero attached hydrogens (tertiary/aromatic N) is 1. The highest BCUT2D eigenvalue weighted by molar-refractivity contribution is 9.10. The molecule has 0 amide bonds. The van der Waals surface area contributed by atoms with E-state index in [0.29, 0.717) is 0 Å². The summed E-state index contributed by atoms with van der Waals surface area (Å²) in [6.07, 6.45) is 1.82. The van der Waals surface area contributed by atoms with E-state index in [1.807, 2.05) is 24.4 Å². The average Bonchev–Trinajstić information content (AvgIpc) is 2.86. The average molecular weight is 323 g/mol. The number of nitrogens with one attached hydrogen (secondary N) is 1. The first-order valence-corrected chi connectivity index (χ1v) is 7.24. The number of fused-ring (bicyclic) bond motifs is 3. The van der Waals surface area contributed by atoms with Gasteiger partial charge in [0.15, 0.2) is 0 Å². The van der Waals surface area contributed by atoms with Crippen molar-refractivity contribution in [3.05, 3.63) is 65.3 Å². The first-order chi connectivity index (χ1) is 9.84. The van der Waals surface area contributed by atoms with Gasteiger partial charge in [0.25, 0.3) is 0 Å². The van der Waals surface area contributed by atoms with Gasteiger partial charge >= 0.3 is 0 Å². The lowest BCUT2D eigenvalue weighted by molar-refractivity contribution is 1.31. The molecule has 0 unspecified atom stereocenters. The highest BCUT2D eigenvalue weighted by Crippen LogP contribution is 2.34. The third-order valence-corrected chi connectivity index (χ3v) is 4.19. The van der Waals surface area contributed by atoms with Crippen molar-refractivity contribution in [3.8, 4) is 11.3 Å². The fourth-order valence-corrected chi connectivity index (χ4v) is 3.12. The van der Waals surface area contributed by atoms with E-state index in [1.165, 1.54) is 10.8 Å². The van der Waals surface area contributed by atoms with Crippen LogP contribution in [-0.2, 0) is 0 Å². The highest BCUT2D eigenvalue weighted by Gasteiger charge is 2.11. The SMILES string of the molecule is Brc1cccnc1-c1cccc2c1[nH]c1ccccc12. The van der Waals surface area contributed by atoms with Crippen molar-refractivity contribution in [1.29, 1.82) is 0 Å². The molecule has 2 nitrogen and oxygen atoms in total. The van der Waals surface area contributed by atoms with Gasteiger partial charge in [-0.1, -0.05) is 36.4 Å². The van der Waals surface area contributed by atoms with Crippen LogP contribution in [0.15, 0.2) is 65.3 Å². The first kappa shape index (κ1) is 11.7. The molecule has 4 aromatic rings. The van der Waals surface area contributed by atoms with Gasteiger partial charge in [0.2, 0.25) is 0 Å². The van der Waals surface area contributed by atoms with Crippen LogP contribution >= 0.6 is 15.9 Å². The van der Waals surface area contributed by atoms with Crippen LogP contribution in [0.25, 0.3) is 33.1 Å². The van der Waals surface area contributed by atoms with E-state index in [1.54, 1.807) is 0 Å². The Bertz CT molecular complexity index is 924. The Labute approximate surface area is 124 Å². The zero-order valence-corrected chi connectivity index (χ0v) is 12.2. The second kappa shape index (κ2) is 4.46. The minimum Gasteiger partial charge on any atom is -0.354 e. The number of benzene rings is 2. The molecule has 4 rings (SSSR count). The molecule has 0 aliphatic heterocycles. The molecule has 0 radical (unpaired) electrons. The maximum atomic E-state index is 4.50. The largest absolute Gasteiger partial charge is 0.354 e. The molecular formula is C17H11BrN2. The third-order valence-electron chi connectivity index (χ3n) is 3.55. The highest BCUT2D eigenvalue weighted by atomic mass is 79.9. The molecule has 0 aliphatic carbocycles. The van der Waals surface area contributed by atoms with Gasteiger partial charge in [-0.2, -0.15) is 0 Å². The van der Waals surface area contributed by atoms with Crippen LogP contribution in [0.4, 0.5) is 0 Å². The number of pyridine rings is 1. The lowest BCUT2D eigenvalue weighted by atomic mass is 10.1. The summed E-state index contributed by atoms with van der Waals surface area (Å²) < 4.78 is 1.01. The summed E-state index contributed by atoms with van der Waals surface area (Å²) in [7, 11) is 0. The van der Waals surface area contributed by atoms with Gasteiger partial charge in [0.05, 0.1) is 11.2 Å². The van der Waals surface area contributed by atoms with Gasteiger partial charge in [-0.3, -0.25) is 4.98 Å². The molecule has 0 atom stereocenters. The number of aromatic amines is 1. The van der Waals surface area contributed by atoms with Gasteiger partial charge in [-0.15, -0.1) is 0 Å². The fourth-order valence-electron chi connectivity index (χ4n) is 2.65. The Morgan fingerprint density at radius 1 is 0.850 bits per heavy atom. The molecule has 0 bridgehead atoms. The van der Waals surface area contributed by atoms with Crippen molar-refractivity contribution in [3.63, 3.8) is 0 Å². The number of halogens is 1. The van der Waals surface area contributed by atoms with Crippen LogP contribution in [0.1, 0.15) is 0 Å². The molecule has 96 valence electrons. The Morgan fingerprint density at radius 3 is 2.60 bits per heavy atom. The van der Waals surface area contributed by atoms with Gasteiger partial charge in [0, 0.05) is 32.5 Å². The molecule has 0 aliphatic rings. The van der Waals surface area contributed by atoms with Crippen molar-refractivity contribution in [2.75, 3.05) is 0 Å². The summed E-state index contributed by atoms with van der Waals surface area (Å²) in [5.41, 5.74) is 4.37. The van der Waals surface area contributed by atoms with Crippen molar-refractivity contribution in [2.24, 2.45) is 0 Å². The van der Waals surface area contributed by atoms with Crippen molar-refractivity contribution >= 4 is 37.7 Å². The molecule has 0 saturated heterocycles. The van der Waals surface area contributed by atoms with Crippen LogP contribution < -0.4 is 0 Å². The summed E-state index contributed by atoms with van der Waals surface area (Å²) in [5.74, 6) is 0. The molecule has 2 aromatic carbocycles. The van der Waals surface area contributed by atoms with E-state index < -0.39 is 0 Å². The minimum absolute atomic E-state index is 0.963. The number of aromatic nitrogens is 2. The smallest absolute Gasteiger partial charge is 0.0864 e. The number of hydrogen-bond acceptors (Lipinski definition) is 1. The summed E-state index contributed by atoms with van der Waals surface area (Å²) >= 11 is 3.59. The predicted octanol–water partition coefficient (Wildman–Crippen LogP) is 5.15. The number of para-hydroxylation sites is 2. The Balaban J connectivity index is 2.13. The lowest BCUT2D eigenvalue weighted by Gasteiger charge is -2.04. The molecule has 20 heavy (non-hydrogen) atoms. The Morgan fingerprint density at radius 2 is 1.70 bits per heavy atom.